The van der Waals surface area contributed by atoms with Gasteiger partial charge in [0.25, 0.3) is 5.91 Å². The minimum absolute atomic E-state index is 0.118. The molecule has 0 spiro atoms. The number of aryl methyl sites for hydroxylation is 2. The number of aromatic nitrogens is 3. The summed E-state index contributed by atoms with van der Waals surface area (Å²) >= 11 is 6.53. The molecule has 1 aliphatic carbocycles. The summed E-state index contributed by atoms with van der Waals surface area (Å²) < 4.78 is 2.11. The molecule has 0 radical (unpaired) electrons. The molecule has 1 amide bonds. The molecular formula is C24H24ClN5O. The van der Waals surface area contributed by atoms with Gasteiger partial charge in [0.2, 0.25) is 0 Å². The first-order chi connectivity index (χ1) is 15.0. The Hall–Kier alpha value is -3.12. The molecular weight excluding hydrogens is 410 g/mol. The van der Waals surface area contributed by atoms with E-state index in [9.17, 15) is 4.79 Å². The van der Waals surface area contributed by atoms with Crippen LogP contribution in [0.25, 0.3) is 27.9 Å². The van der Waals surface area contributed by atoms with Crippen molar-refractivity contribution in [2.45, 2.75) is 39.7 Å². The van der Waals surface area contributed by atoms with Crippen LogP contribution in [-0.2, 0) is 0 Å². The van der Waals surface area contributed by atoms with E-state index in [0.717, 1.165) is 53.1 Å². The highest BCUT2D eigenvalue weighted by Crippen LogP contribution is 2.32. The standard InChI is InChI=1S/C24H24ClN5O/c1-4-26-22-23-27-12-21(30(23)20-10-14(3)13(2)9-19(20)29-22)15-5-8-17(18(25)11-15)24(31)28-16-6-7-16/h5,8-12,16H,4,6-7H2,1-3H3,(H,26,29)(H,28,31). The third kappa shape index (κ3) is 3.51. The van der Waals surface area contributed by atoms with E-state index in [2.05, 4.69) is 46.0 Å². The molecule has 0 saturated heterocycles. The van der Waals surface area contributed by atoms with Crippen molar-refractivity contribution in [3.8, 4) is 11.3 Å². The lowest BCUT2D eigenvalue weighted by atomic mass is 10.1. The average Bonchev–Trinajstić information content (AvgIpc) is 3.43. The minimum Gasteiger partial charge on any atom is -0.367 e. The van der Waals surface area contributed by atoms with Gasteiger partial charge in [-0.15, -0.1) is 0 Å². The smallest absolute Gasteiger partial charge is 0.253 e. The molecule has 5 rings (SSSR count). The summed E-state index contributed by atoms with van der Waals surface area (Å²) in [6.07, 6.45) is 3.91. The number of nitrogens with one attached hydrogen (secondary N) is 2. The summed E-state index contributed by atoms with van der Waals surface area (Å²) in [5.74, 6) is 0.628. The van der Waals surface area contributed by atoms with Gasteiger partial charge < -0.3 is 10.6 Å². The minimum atomic E-state index is -0.118. The zero-order chi connectivity index (χ0) is 21.7. The van der Waals surface area contributed by atoms with E-state index in [4.69, 9.17) is 16.6 Å². The topological polar surface area (TPSA) is 71.3 Å². The number of carbonyl (C=O) groups excluding carboxylic acids is 1. The van der Waals surface area contributed by atoms with E-state index in [0.29, 0.717) is 10.6 Å². The Bertz CT molecular complexity index is 1340. The lowest BCUT2D eigenvalue weighted by molar-refractivity contribution is 0.0951. The predicted octanol–water partition coefficient (Wildman–Crippen LogP) is 5.14. The third-order valence-corrected chi connectivity index (χ3v) is 6.12. The van der Waals surface area contributed by atoms with Crippen LogP contribution in [0.15, 0.2) is 36.5 Å². The highest BCUT2D eigenvalue weighted by molar-refractivity contribution is 6.34. The van der Waals surface area contributed by atoms with Crippen molar-refractivity contribution in [1.82, 2.24) is 19.7 Å². The molecule has 6 nitrogen and oxygen atoms in total. The highest BCUT2D eigenvalue weighted by Gasteiger charge is 2.25. The zero-order valence-corrected chi connectivity index (χ0v) is 18.5. The van der Waals surface area contributed by atoms with Crippen molar-refractivity contribution >= 4 is 40.0 Å². The van der Waals surface area contributed by atoms with Gasteiger partial charge in [-0.1, -0.05) is 17.7 Å². The quantitative estimate of drug-likeness (QED) is 0.457. The summed E-state index contributed by atoms with van der Waals surface area (Å²) in [4.78, 5) is 21.9. The summed E-state index contributed by atoms with van der Waals surface area (Å²) in [6, 6.07) is 10.1. The second kappa shape index (κ2) is 7.54. The maximum absolute atomic E-state index is 12.5. The van der Waals surface area contributed by atoms with Gasteiger partial charge in [-0.05, 0) is 69.0 Å². The Morgan fingerprint density at radius 3 is 2.68 bits per heavy atom. The number of halogens is 1. The second-order valence-electron chi connectivity index (χ2n) is 8.16. The maximum Gasteiger partial charge on any atom is 0.253 e. The van der Waals surface area contributed by atoms with Gasteiger partial charge in [-0.2, -0.15) is 0 Å². The van der Waals surface area contributed by atoms with Crippen LogP contribution in [0.4, 0.5) is 5.82 Å². The molecule has 31 heavy (non-hydrogen) atoms. The highest BCUT2D eigenvalue weighted by atomic mass is 35.5. The first-order valence-electron chi connectivity index (χ1n) is 10.6. The second-order valence-corrected chi connectivity index (χ2v) is 8.57. The Labute approximate surface area is 185 Å². The van der Waals surface area contributed by atoms with Gasteiger partial charge in [0.05, 0.1) is 33.5 Å². The SMILES string of the molecule is CCNc1nc2cc(C)c(C)cc2n2c(-c3ccc(C(=O)NC4CC4)c(Cl)c3)cnc12. The zero-order valence-electron chi connectivity index (χ0n) is 17.8. The van der Waals surface area contributed by atoms with Gasteiger partial charge in [-0.25, -0.2) is 9.97 Å². The normalized spacial score (nSPS) is 13.7. The van der Waals surface area contributed by atoms with Crippen molar-refractivity contribution in [1.29, 1.82) is 0 Å². The Morgan fingerprint density at radius 2 is 1.97 bits per heavy atom. The number of imidazole rings is 1. The van der Waals surface area contributed by atoms with Crippen molar-refractivity contribution in [2.24, 2.45) is 0 Å². The first-order valence-corrected chi connectivity index (χ1v) is 11.0. The molecule has 1 saturated carbocycles. The number of amides is 1. The molecule has 2 aromatic heterocycles. The number of anilines is 1. The Kier molecular flexibility index (Phi) is 4.82. The molecule has 1 fully saturated rings. The number of fused-ring (bicyclic) bond motifs is 3. The molecule has 7 heteroatoms. The fourth-order valence-corrected chi connectivity index (χ4v) is 4.09. The van der Waals surface area contributed by atoms with Gasteiger partial charge in [0.15, 0.2) is 11.5 Å². The Balaban J connectivity index is 1.68. The molecule has 1 aliphatic rings. The van der Waals surface area contributed by atoms with Gasteiger partial charge >= 0.3 is 0 Å². The van der Waals surface area contributed by atoms with Crippen LogP contribution in [0.5, 0.6) is 0 Å². The van der Waals surface area contributed by atoms with E-state index in [1.54, 1.807) is 6.07 Å². The van der Waals surface area contributed by atoms with E-state index in [-0.39, 0.29) is 11.9 Å². The monoisotopic (exact) mass is 433 g/mol. The molecule has 0 bridgehead atoms. The van der Waals surface area contributed by atoms with E-state index in [1.165, 1.54) is 11.1 Å². The lowest BCUT2D eigenvalue weighted by Crippen LogP contribution is -2.25. The van der Waals surface area contributed by atoms with Gasteiger partial charge in [0, 0.05) is 18.2 Å². The summed E-state index contributed by atoms with van der Waals surface area (Å²) in [7, 11) is 0. The average molecular weight is 434 g/mol. The third-order valence-electron chi connectivity index (χ3n) is 5.80. The summed E-state index contributed by atoms with van der Waals surface area (Å²) in [6.45, 7) is 6.97. The van der Waals surface area contributed by atoms with E-state index in [1.807, 2.05) is 25.3 Å². The lowest BCUT2D eigenvalue weighted by Gasteiger charge is -2.13. The summed E-state index contributed by atoms with van der Waals surface area (Å²) in [5.41, 5.74) is 7.33. The number of benzene rings is 2. The van der Waals surface area contributed by atoms with Crippen LogP contribution in [0.2, 0.25) is 5.02 Å². The van der Waals surface area contributed by atoms with E-state index >= 15 is 0 Å². The molecule has 0 atom stereocenters. The van der Waals surface area contributed by atoms with Gasteiger partial charge in [-0.3, -0.25) is 9.20 Å². The molecule has 0 aliphatic heterocycles. The fraction of sp³-hybridized carbons (Fsp3) is 0.292. The molecule has 2 N–H and O–H groups in total. The first kappa shape index (κ1) is 19.8. The van der Waals surface area contributed by atoms with Crippen molar-refractivity contribution in [2.75, 3.05) is 11.9 Å². The molecule has 2 aromatic carbocycles. The van der Waals surface area contributed by atoms with Crippen LogP contribution in [-0.4, -0.2) is 32.9 Å². The van der Waals surface area contributed by atoms with Crippen LogP contribution < -0.4 is 10.6 Å². The number of carbonyl (C=O) groups is 1. The predicted molar refractivity (Wildman–Crippen MR) is 125 cm³/mol. The van der Waals surface area contributed by atoms with Crippen LogP contribution in [0.1, 0.15) is 41.3 Å². The molecule has 4 aromatic rings. The number of hydrogen-bond donors (Lipinski definition) is 2. The largest absolute Gasteiger partial charge is 0.367 e. The number of rotatable bonds is 5. The summed E-state index contributed by atoms with van der Waals surface area (Å²) in [5, 5.41) is 6.76. The fourth-order valence-electron chi connectivity index (χ4n) is 3.83. The van der Waals surface area contributed by atoms with E-state index < -0.39 is 0 Å². The Morgan fingerprint density at radius 1 is 1.19 bits per heavy atom. The molecule has 2 heterocycles. The maximum atomic E-state index is 12.5. The van der Waals surface area contributed by atoms with Crippen molar-refractivity contribution in [3.63, 3.8) is 0 Å². The van der Waals surface area contributed by atoms with Crippen LogP contribution >= 0.6 is 11.6 Å². The van der Waals surface area contributed by atoms with Crippen molar-refractivity contribution < 1.29 is 4.79 Å². The number of hydrogen-bond acceptors (Lipinski definition) is 4. The molecule has 158 valence electrons. The van der Waals surface area contributed by atoms with Gasteiger partial charge in [0.1, 0.15) is 0 Å². The van der Waals surface area contributed by atoms with Crippen LogP contribution in [0.3, 0.4) is 0 Å². The molecule has 0 unspecified atom stereocenters. The number of nitrogens with zero attached hydrogens (tertiary/aromatic N) is 3. The van der Waals surface area contributed by atoms with Crippen LogP contribution in [0, 0.1) is 13.8 Å². The van der Waals surface area contributed by atoms with Crippen molar-refractivity contribution in [3.05, 3.63) is 58.2 Å².